The third-order valence-electron chi connectivity index (χ3n) is 11.5. The largest absolute Gasteiger partial charge is 0.381 e. The van der Waals surface area contributed by atoms with Crippen molar-refractivity contribution in [2.24, 2.45) is 0 Å². The molecule has 3 nitrogen and oxygen atoms in total. The van der Waals surface area contributed by atoms with Crippen LogP contribution < -0.4 is 0 Å². The quantitative estimate of drug-likeness (QED) is 0.0571. The standard InChI is InChI=1S/C50H102O3S2/c1-7-11-15-19-23-27-31-35-45-54-49(39-33-29-25-21-17-13-9-3)47(5)52-43-37-41-51-42-38-44-53-48(6)50(40-34-30-26-22-18-14-10-4)55-46-36-32-28-24-20-16-12-8-2/h47-50H,7-46H2,1-6H3. The average Bonchev–Trinajstić information content (AvgIpc) is 3.19. The Hall–Kier alpha value is 0.580. The van der Waals surface area contributed by atoms with Crippen molar-refractivity contribution < 1.29 is 14.2 Å². The number of thioether (sulfide) groups is 2. The van der Waals surface area contributed by atoms with E-state index in [-0.39, 0.29) is 0 Å². The Bertz CT molecular complexity index is 638. The lowest BCUT2D eigenvalue weighted by Crippen LogP contribution is -2.25. The van der Waals surface area contributed by atoms with Crippen molar-refractivity contribution in [2.75, 3.05) is 37.9 Å². The first-order valence-electron chi connectivity index (χ1n) is 25.1. The molecule has 4 atom stereocenters. The molecule has 0 rings (SSSR count). The van der Waals surface area contributed by atoms with Gasteiger partial charge in [0.05, 0.1) is 12.2 Å². The van der Waals surface area contributed by atoms with Crippen LogP contribution in [0.3, 0.4) is 0 Å². The summed E-state index contributed by atoms with van der Waals surface area (Å²) in [4.78, 5) is 0. The Balaban J connectivity index is 4.35. The molecule has 0 spiro atoms. The van der Waals surface area contributed by atoms with Gasteiger partial charge in [-0.3, -0.25) is 0 Å². The summed E-state index contributed by atoms with van der Waals surface area (Å²) < 4.78 is 18.9. The molecule has 0 heterocycles. The van der Waals surface area contributed by atoms with Crippen LogP contribution in [0.2, 0.25) is 0 Å². The first-order valence-corrected chi connectivity index (χ1v) is 27.2. The minimum Gasteiger partial charge on any atom is -0.381 e. The van der Waals surface area contributed by atoms with Gasteiger partial charge in [-0.15, -0.1) is 0 Å². The summed E-state index contributed by atoms with van der Waals surface area (Å²) >= 11 is 4.40. The van der Waals surface area contributed by atoms with Gasteiger partial charge in [0, 0.05) is 36.9 Å². The second-order valence-corrected chi connectivity index (χ2v) is 19.8. The first kappa shape index (κ1) is 55.6. The molecule has 0 radical (unpaired) electrons. The Kier molecular flexibility index (Phi) is 47.8. The van der Waals surface area contributed by atoms with E-state index < -0.39 is 0 Å². The molecule has 332 valence electrons. The Labute approximate surface area is 356 Å². The summed E-state index contributed by atoms with van der Waals surface area (Å²) in [7, 11) is 0. The Morgan fingerprint density at radius 2 is 0.582 bits per heavy atom. The van der Waals surface area contributed by atoms with E-state index in [4.69, 9.17) is 14.2 Å². The number of hydrogen-bond acceptors (Lipinski definition) is 5. The van der Waals surface area contributed by atoms with Crippen LogP contribution in [0.25, 0.3) is 0 Å². The monoisotopic (exact) mass is 815 g/mol. The molecule has 0 aromatic rings. The number of unbranched alkanes of at least 4 members (excludes halogenated alkanes) is 26. The van der Waals surface area contributed by atoms with Crippen molar-refractivity contribution in [1.29, 1.82) is 0 Å². The number of hydrogen-bond donors (Lipinski definition) is 0. The van der Waals surface area contributed by atoms with E-state index in [9.17, 15) is 0 Å². The molecule has 0 amide bonds. The van der Waals surface area contributed by atoms with Crippen LogP contribution in [0.5, 0.6) is 0 Å². The molecule has 0 aliphatic rings. The summed E-state index contributed by atoms with van der Waals surface area (Å²) in [6.07, 6.45) is 47.2. The molecule has 4 unspecified atom stereocenters. The zero-order valence-electron chi connectivity index (χ0n) is 38.6. The number of rotatable bonds is 48. The maximum Gasteiger partial charge on any atom is 0.0665 e. The third-order valence-corrected chi connectivity index (χ3v) is 14.7. The Morgan fingerprint density at radius 3 is 0.891 bits per heavy atom. The molecular weight excluding hydrogens is 713 g/mol. The fraction of sp³-hybridized carbons (Fsp3) is 1.00. The van der Waals surface area contributed by atoms with Crippen LogP contribution in [0.4, 0.5) is 0 Å². The van der Waals surface area contributed by atoms with Gasteiger partial charge in [-0.05, 0) is 63.9 Å². The summed E-state index contributed by atoms with van der Waals surface area (Å²) in [6.45, 7) is 17.1. The minimum atomic E-state index is 0.330. The topological polar surface area (TPSA) is 27.7 Å². The second kappa shape index (κ2) is 47.3. The van der Waals surface area contributed by atoms with E-state index in [1.165, 1.54) is 217 Å². The van der Waals surface area contributed by atoms with Gasteiger partial charge in [0.25, 0.3) is 0 Å². The van der Waals surface area contributed by atoms with E-state index in [0.717, 1.165) is 39.3 Å². The summed E-state index contributed by atoms with van der Waals surface area (Å²) in [5.41, 5.74) is 0. The smallest absolute Gasteiger partial charge is 0.0665 e. The highest BCUT2D eigenvalue weighted by molar-refractivity contribution is 8.00. The van der Waals surface area contributed by atoms with Crippen molar-refractivity contribution in [2.45, 2.75) is 283 Å². The van der Waals surface area contributed by atoms with Gasteiger partial charge < -0.3 is 14.2 Å². The summed E-state index contributed by atoms with van der Waals surface area (Å²) in [5, 5.41) is 1.27. The lowest BCUT2D eigenvalue weighted by atomic mass is 10.1. The highest BCUT2D eigenvalue weighted by atomic mass is 32.2. The maximum atomic E-state index is 6.44. The predicted molar refractivity (Wildman–Crippen MR) is 254 cm³/mol. The van der Waals surface area contributed by atoms with Crippen molar-refractivity contribution in [3.63, 3.8) is 0 Å². The van der Waals surface area contributed by atoms with Crippen LogP contribution in [0.1, 0.15) is 260 Å². The molecule has 0 aromatic carbocycles. The molecule has 55 heavy (non-hydrogen) atoms. The SMILES string of the molecule is CCCCCCCCCCSC(CCCCCCCCC)C(C)OCCCOCCCOC(C)C(CCCCCCCCC)SCCCCCCCCCC. The number of ether oxygens (including phenoxy) is 3. The molecule has 0 saturated heterocycles. The molecule has 0 aromatic heterocycles. The Morgan fingerprint density at radius 1 is 0.309 bits per heavy atom. The predicted octanol–water partition coefficient (Wildman–Crippen LogP) is 17.4. The molecule has 0 saturated carbocycles. The molecule has 0 fully saturated rings. The molecule has 0 aliphatic carbocycles. The zero-order valence-corrected chi connectivity index (χ0v) is 40.3. The van der Waals surface area contributed by atoms with E-state index >= 15 is 0 Å². The summed E-state index contributed by atoms with van der Waals surface area (Å²) in [6, 6.07) is 0. The van der Waals surface area contributed by atoms with Gasteiger partial charge in [0.2, 0.25) is 0 Å². The van der Waals surface area contributed by atoms with Gasteiger partial charge in [0.1, 0.15) is 0 Å². The van der Waals surface area contributed by atoms with Crippen molar-refractivity contribution in [3.05, 3.63) is 0 Å². The second-order valence-electron chi connectivity index (χ2n) is 17.1. The highest BCUT2D eigenvalue weighted by Gasteiger charge is 2.19. The average molecular weight is 815 g/mol. The molecular formula is C50H102O3S2. The molecule has 0 bridgehead atoms. The summed E-state index contributed by atoms with van der Waals surface area (Å²) in [5.74, 6) is 2.59. The van der Waals surface area contributed by atoms with Gasteiger partial charge in [-0.2, -0.15) is 23.5 Å². The van der Waals surface area contributed by atoms with E-state index in [0.29, 0.717) is 22.7 Å². The zero-order chi connectivity index (χ0) is 40.1. The van der Waals surface area contributed by atoms with E-state index in [1.54, 1.807) is 0 Å². The van der Waals surface area contributed by atoms with Crippen LogP contribution >= 0.6 is 23.5 Å². The van der Waals surface area contributed by atoms with Crippen molar-refractivity contribution in [1.82, 2.24) is 0 Å². The fourth-order valence-electron chi connectivity index (χ4n) is 7.63. The normalized spacial score (nSPS) is 14.1. The highest BCUT2D eigenvalue weighted by Crippen LogP contribution is 2.27. The van der Waals surface area contributed by atoms with Crippen LogP contribution in [0.15, 0.2) is 0 Å². The van der Waals surface area contributed by atoms with Crippen molar-refractivity contribution in [3.8, 4) is 0 Å². The molecule has 0 N–H and O–H groups in total. The van der Waals surface area contributed by atoms with Gasteiger partial charge in [-0.1, -0.05) is 207 Å². The van der Waals surface area contributed by atoms with E-state index in [2.05, 4.69) is 65.1 Å². The van der Waals surface area contributed by atoms with Crippen LogP contribution in [-0.2, 0) is 14.2 Å². The van der Waals surface area contributed by atoms with Gasteiger partial charge in [0.15, 0.2) is 0 Å². The molecule has 5 heteroatoms. The lowest BCUT2D eigenvalue weighted by Gasteiger charge is -2.24. The molecule has 0 aliphatic heterocycles. The third kappa shape index (κ3) is 41.1. The maximum absolute atomic E-state index is 6.44. The van der Waals surface area contributed by atoms with Crippen LogP contribution in [0, 0.1) is 0 Å². The fourth-order valence-corrected chi connectivity index (χ4v) is 10.3. The van der Waals surface area contributed by atoms with E-state index in [1.807, 2.05) is 0 Å². The lowest BCUT2D eigenvalue weighted by molar-refractivity contribution is 0.0250. The van der Waals surface area contributed by atoms with Crippen LogP contribution in [-0.4, -0.2) is 60.6 Å². The minimum absolute atomic E-state index is 0.330. The van der Waals surface area contributed by atoms with Crippen molar-refractivity contribution >= 4 is 23.5 Å². The first-order chi connectivity index (χ1) is 27.1. The van der Waals surface area contributed by atoms with Gasteiger partial charge >= 0.3 is 0 Å². The van der Waals surface area contributed by atoms with Gasteiger partial charge in [-0.25, -0.2) is 0 Å².